The van der Waals surface area contributed by atoms with Gasteiger partial charge >= 0.3 is 5.97 Å². The average molecular weight is 336 g/mol. The van der Waals surface area contributed by atoms with Gasteiger partial charge in [-0.3, -0.25) is 4.40 Å². The number of rotatable bonds is 4. The molecule has 2 rings (SSSR count). The van der Waals surface area contributed by atoms with Crippen molar-refractivity contribution < 1.29 is 9.53 Å². The van der Waals surface area contributed by atoms with Gasteiger partial charge in [0, 0.05) is 16.7 Å². The molecule has 0 aromatic carbocycles. The van der Waals surface area contributed by atoms with Crippen LogP contribution in [-0.2, 0) is 9.53 Å². The Hall–Kier alpha value is -2.31. The predicted molar refractivity (Wildman–Crippen MR) is 76.6 cm³/mol. The smallest absolute Gasteiger partial charge is 0.340 e. The number of nitrogens with zero attached hydrogens (tertiary/aromatic N) is 5. The van der Waals surface area contributed by atoms with Crippen LogP contribution in [0.25, 0.3) is 22.2 Å². The van der Waals surface area contributed by atoms with E-state index in [-0.39, 0.29) is 12.3 Å². The maximum atomic E-state index is 11.7. The van der Waals surface area contributed by atoms with Gasteiger partial charge in [-0.2, -0.15) is 0 Å². The topological polar surface area (TPSA) is 92.4 Å². The summed E-state index contributed by atoms with van der Waals surface area (Å²) in [5.74, 6) is -0.669. The Labute approximate surface area is 122 Å². The van der Waals surface area contributed by atoms with E-state index in [1.807, 2.05) is 6.20 Å². The molecule has 2 aromatic heterocycles. The average Bonchev–Trinajstić information content (AvgIpc) is 2.81. The fraction of sp³-hybridized carbons (Fsp3) is 0.167. The number of imidazole rings is 1. The van der Waals surface area contributed by atoms with Crippen LogP contribution in [0.5, 0.6) is 0 Å². The summed E-state index contributed by atoms with van der Waals surface area (Å²) in [7, 11) is 0. The van der Waals surface area contributed by atoms with Gasteiger partial charge in [0.05, 0.1) is 12.8 Å². The molecule has 102 valence electrons. The molecule has 0 saturated carbocycles. The molecule has 0 spiro atoms. The summed E-state index contributed by atoms with van der Waals surface area (Å²) in [5.41, 5.74) is 9.70. The minimum Gasteiger partial charge on any atom is -0.462 e. The summed E-state index contributed by atoms with van der Waals surface area (Å²) in [6, 6.07) is 3.56. The number of azide groups is 1. The van der Waals surface area contributed by atoms with E-state index in [1.54, 1.807) is 29.7 Å². The van der Waals surface area contributed by atoms with E-state index < -0.39 is 5.97 Å². The Morgan fingerprint density at radius 2 is 2.50 bits per heavy atom. The van der Waals surface area contributed by atoms with Crippen LogP contribution >= 0.6 is 15.9 Å². The molecule has 0 saturated heterocycles. The monoisotopic (exact) mass is 335 g/mol. The van der Waals surface area contributed by atoms with Gasteiger partial charge in [0.25, 0.3) is 0 Å². The lowest BCUT2D eigenvalue weighted by molar-refractivity contribution is -0.138. The minimum absolute atomic E-state index is 0.110. The van der Waals surface area contributed by atoms with E-state index in [0.29, 0.717) is 11.2 Å². The third kappa shape index (κ3) is 2.81. The molecule has 2 aromatic rings. The Morgan fingerprint density at radius 1 is 1.70 bits per heavy atom. The lowest BCUT2D eigenvalue weighted by atomic mass is 10.2. The number of carbonyl (C=O) groups is 1. The lowest BCUT2D eigenvalue weighted by Gasteiger charge is -2.03. The highest BCUT2D eigenvalue weighted by atomic mass is 79.9. The zero-order chi connectivity index (χ0) is 14.5. The standard InChI is InChI=1S/C12H10BrN5O2/c1-2-20-12(19)9(16-17-14)6-8-4-3-5-18-10(13)7-15-11(8)18/h3-7H,2H2,1H3. The van der Waals surface area contributed by atoms with Crippen molar-refractivity contribution in [2.24, 2.45) is 5.11 Å². The van der Waals surface area contributed by atoms with Crippen LogP contribution in [-0.4, -0.2) is 22.0 Å². The van der Waals surface area contributed by atoms with Crippen LogP contribution in [0.1, 0.15) is 12.5 Å². The van der Waals surface area contributed by atoms with Crippen molar-refractivity contribution in [3.8, 4) is 0 Å². The summed E-state index contributed by atoms with van der Waals surface area (Å²) in [4.78, 5) is 18.5. The fourth-order valence-corrected chi connectivity index (χ4v) is 2.03. The Kier molecular flexibility index (Phi) is 4.39. The molecule has 0 bridgehead atoms. The van der Waals surface area contributed by atoms with Gasteiger partial charge in [0.1, 0.15) is 15.9 Å². The number of hydrogen-bond donors (Lipinski definition) is 0. The molecular formula is C12H10BrN5O2. The third-order valence-corrected chi connectivity index (χ3v) is 3.04. The first kappa shape index (κ1) is 14.1. The lowest BCUT2D eigenvalue weighted by Crippen LogP contribution is -2.05. The molecule has 0 unspecified atom stereocenters. The van der Waals surface area contributed by atoms with Crippen LogP contribution in [0.4, 0.5) is 0 Å². The number of fused-ring (bicyclic) bond motifs is 1. The van der Waals surface area contributed by atoms with Gasteiger partial charge in [-0.15, -0.1) is 0 Å². The molecule has 7 nitrogen and oxygen atoms in total. The molecule has 0 aliphatic carbocycles. The second kappa shape index (κ2) is 6.23. The van der Waals surface area contributed by atoms with Crippen molar-refractivity contribution in [1.29, 1.82) is 0 Å². The Bertz CT molecular complexity index is 731. The van der Waals surface area contributed by atoms with Crippen LogP contribution in [0, 0.1) is 0 Å². The molecule has 0 aliphatic heterocycles. The van der Waals surface area contributed by atoms with E-state index in [0.717, 1.165) is 4.60 Å². The number of halogens is 1. The molecule has 0 amide bonds. The molecule has 20 heavy (non-hydrogen) atoms. The van der Waals surface area contributed by atoms with Crippen molar-refractivity contribution >= 4 is 33.6 Å². The second-order valence-corrected chi connectivity index (χ2v) is 4.49. The van der Waals surface area contributed by atoms with Gasteiger partial charge in [0.2, 0.25) is 0 Å². The minimum atomic E-state index is -0.669. The number of carbonyl (C=O) groups excluding carboxylic acids is 1. The summed E-state index contributed by atoms with van der Waals surface area (Å²) in [6.07, 6.45) is 4.91. The van der Waals surface area contributed by atoms with E-state index in [4.69, 9.17) is 10.3 Å². The van der Waals surface area contributed by atoms with E-state index >= 15 is 0 Å². The van der Waals surface area contributed by atoms with Gasteiger partial charge in [-0.25, -0.2) is 9.78 Å². The van der Waals surface area contributed by atoms with E-state index in [1.165, 1.54) is 6.08 Å². The summed E-state index contributed by atoms with van der Waals surface area (Å²) < 4.78 is 7.42. The molecule has 0 radical (unpaired) electrons. The van der Waals surface area contributed by atoms with Crippen molar-refractivity contribution in [3.63, 3.8) is 0 Å². The van der Waals surface area contributed by atoms with Gasteiger partial charge in [-0.1, -0.05) is 5.11 Å². The number of hydrogen-bond acceptors (Lipinski definition) is 4. The molecule has 0 N–H and O–H groups in total. The van der Waals surface area contributed by atoms with Gasteiger partial charge in [0.15, 0.2) is 0 Å². The molecule has 8 heteroatoms. The maximum absolute atomic E-state index is 11.7. The third-order valence-electron chi connectivity index (χ3n) is 2.45. The molecule has 2 heterocycles. The van der Waals surface area contributed by atoms with Crippen molar-refractivity contribution in [3.05, 3.63) is 50.8 Å². The SMILES string of the molecule is CCOC(=O)C(=Cc1cccn2c(Br)cnc12)N=[N+]=[N-]. The zero-order valence-corrected chi connectivity index (χ0v) is 12.1. The molecule has 0 fully saturated rings. The second-order valence-electron chi connectivity index (χ2n) is 3.68. The number of ether oxygens (including phenoxy) is 1. The largest absolute Gasteiger partial charge is 0.462 e. The quantitative estimate of drug-likeness (QED) is 0.282. The van der Waals surface area contributed by atoms with Crippen LogP contribution < -0.4 is 0 Å². The van der Waals surface area contributed by atoms with Crippen molar-refractivity contribution in [2.45, 2.75) is 6.92 Å². The summed E-state index contributed by atoms with van der Waals surface area (Å²) in [6.45, 7) is 1.88. The number of esters is 1. The van der Waals surface area contributed by atoms with Gasteiger partial charge < -0.3 is 4.74 Å². The van der Waals surface area contributed by atoms with E-state index in [2.05, 4.69) is 30.9 Å². The fourth-order valence-electron chi connectivity index (χ4n) is 1.64. The Morgan fingerprint density at radius 3 is 3.20 bits per heavy atom. The van der Waals surface area contributed by atoms with Gasteiger partial charge in [-0.05, 0) is 46.6 Å². The van der Waals surface area contributed by atoms with Crippen molar-refractivity contribution in [1.82, 2.24) is 9.38 Å². The van der Waals surface area contributed by atoms with Crippen LogP contribution in [0.2, 0.25) is 0 Å². The first-order valence-electron chi connectivity index (χ1n) is 5.73. The highest BCUT2D eigenvalue weighted by Crippen LogP contribution is 2.19. The molecule has 0 atom stereocenters. The molecule has 0 aliphatic rings. The normalized spacial score (nSPS) is 11.2. The van der Waals surface area contributed by atoms with E-state index in [9.17, 15) is 4.79 Å². The van der Waals surface area contributed by atoms with Crippen LogP contribution in [0.15, 0.2) is 39.9 Å². The highest BCUT2D eigenvalue weighted by molar-refractivity contribution is 9.10. The molecular weight excluding hydrogens is 326 g/mol. The van der Waals surface area contributed by atoms with Crippen molar-refractivity contribution in [2.75, 3.05) is 6.61 Å². The zero-order valence-electron chi connectivity index (χ0n) is 10.5. The highest BCUT2D eigenvalue weighted by Gasteiger charge is 2.11. The number of pyridine rings is 1. The summed E-state index contributed by atoms with van der Waals surface area (Å²) in [5, 5.41) is 3.37. The first-order chi connectivity index (χ1) is 9.67. The van der Waals surface area contributed by atoms with Crippen LogP contribution in [0.3, 0.4) is 0 Å². The number of aromatic nitrogens is 2. The Balaban J connectivity index is 2.53. The predicted octanol–water partition coefficient (Wildman–Crippen LogP) is 3.31. The first-order valence-corrected chi connectivity index (χ1v) is 6.52. The maximum Gasteiger partial charge on any atom is 0.340 e. The summed E-state index contributed by atoms with van der Waals surface area (Å²) >= 11 is 3.36.